The number of pyridine rings is 1. The average Bonchev–Trinajstić information content (AvgIpc) is 3.12. The molecule has 0 saturated carbocycles. The van der Waals surface area contributed by atoms with Crippen molar-refractivity contribution in [1.29, 1.82) is 0 Å². The zero-order valence-corrected chi connectivity index (χ0v) is 11.9. The number of aromatic amines is 1. The number of thioether (sulfide) groups is 1. The second kappa shape index (κ2) is 4.49. The highest BCUT2D eigenvalue weighted by Gasteiger charge is 2.19. The van der Waals surface area contributed by atoms with E-state index in [1.54, 1.807) is 11.8 Å². The number of rotatable bonds is 2. The molecule has 2 aromatic heterocycles. The number of hydrogen-bond acceptors (Lipinski definition) is 3. The molecule has 1 aliphatic rings. The van der Waals surface area contributed by atoms with Crippen molar-refractivity contribution in [3.63, 3.8) is 0 Å². The van der Waals surface area contributed by atoms with Crippen LogP contribution in [0.1, 0.15) is 11.1 Å². The molecule has 0 spiro atoms. The Balaban J connectivity index is 1.75. The molecule has 20 heavy (non-hydrogen) atoms. The van der Waals surface area contributed by atoms with Crippen molar-refractivity contribution in [3.05, 3.63) is 53.9 Å². The lowest BCUT2D eigenvalue weighted by Crippen LogP contribution is -2.00. The lowest BCUT2D eigenvalue weighted by Gasteiger charge is -2.02. The van der Waals surface area contributed by atoms with E-state index in [9.17, 15) is 0 Å². The van der Waals surface area contributed by atoms with Crippen LogP contribution in [0, 0.1) is 0 Å². The highest BCUT2D eigenvalue weighted by molar-refractivity contribution is 7.98. The minimum atomic E-state index is 0.880. The van der Waals surface area contributed by atoms with E-state index in [4.69, 9.17) is 4.99 Å². The van der Waals surface area contributed by atoms with E-state index >= 15 is 0 Å². The van der Waals surface area contributed by atoms with Gasteiger partial charge in [-0.1, -0.05) is 12.1 Å². The van der Waals surface area contributed by atoms with E-state index in [0.29, 0.717) is 0 Å². The molecule has 0 saturated heterocycles. The second-order valence-corrected chi connectivity index (χ2v) is 5.71. The summed E-state index contributed by atoms with van der Waals surface area (Å²) in [5.41, 5.74) is 5.55. The quantitative estimate of drug-likeness (QED) is 0.721. The molecule has 4 rings (SSSR count). The Morgan fingerprint density at radius 2 is 2.00 bits per heavy atom. The molecule has 0 unspecified atom stereocenters. The molecule has 1 aromatic carbocycles. The van der Waals surface area contributed by atoms with E-state index in [-0.39, 0.29) is 0 Å². The third-order valence-corrected chi connectivity index (χ3v) is 4.44. The van der Waals surface area contributed by atoms with E-state index in [1.807, 2.05) is 12.4 Å². The Bertz CT molecular complexity index is 815. The van der Waals surface area contributed by atoms with Gasteiger partial charge in [-0.25, -0.2) is 4.98 Å². The third-order valence-electron chi connectivity index (χ3n) is 3.70. The third kappa shape index (κ3) is 1.76. The molecular weight excluding hydrogens is 266 g/mol. The smallest absolute Gasteiger partial charge is 0.137 e. The molecule has 4 heteroatoms. The predicted octanol–water partition coefficient (Wildman–Crippen LogP) is 3.96. The molecule has 0 radical (unpaired) electrons. The maximum absolute atomic E-state index is 4.74. The topological polar surface area (TPSA) is 41.0 Å². The maximum atomic E-state index is 4.74. The first-order valence-electron chi connectivity index (χ1n) is 6.52. The number of fused-ring (bicyclic) bond motifs is 3. The van der Waals surface area contributed by atoms with Gasteiger partial charge < -0.3 is 4.98 Å². The average molecular weight is 279 g/mol. The standard InChI is InChI=1S/C16H13N3S/c1-20-11-4-2-10(3-5-11)14-8-13-12-6-7-17-16(12)18-9-15(13)19-14/h2-7,9H,8H2,1H3,(H,17,18). The van der Waals surface area contributed by atoms with Crippen molar-refractivity contribution in [2.45, 2.75) is 11.3 Å². The van der Waals surface area contributed by atoms with Crippen LogP contribution in [-0.2, 0) is 6.42 Å². The van der Waals surface area contributed by atoms with Crippen LogP contribution in [0.25, 0.3) is 11.0 Å². The lowest BCUT2D eigenvalue weighted by molar-refractivity contribution is 1.30. The summed E-state index contributed by atoms with van der Waals surface area (Å²) in [7, 11) is 0. The summed E-state index contributed by atoms with van der Waals surface area (Å²) in [5.74, 6) is 0. The first-order valence-corrected chi connectivity index (χ1v) is 7.74. The predicted molar refractivity (Wildman–Crippen MR) is 84.2 cm³/mol. The Morgan fingerprint density at radius 1 is 1.15 bits per heavy atom. The summed E-state index contributed by atoms with van der Waals surface area (Å²) in [6.45, 7) is 0. The monoisotopic (exact) mass is 279 g/mol. The van der Waals surface area contributed by atoms with Crippen LogP contribution in [0.5, 0.6) is 0 Å². The van der Waals surface area contributed by atoms with Crippen LogP contribution < -0.4 is 0 Å². The molecule has 1 N–H and O–H groups in total. The van der Waals surface area contributed by atoms with E-state index in [0.717, 1.165) is 23.5 Å². The minimum absolute atomic E-state index is 0.880. The van der Waals surface area contributed by atoms with Gasteiger partial charge >= 0.3 is 0 Å². The molecule has 3 nitrogen and oxygen atoms in total. The van der Waals surface area contributed by atoms with Gasteiger partial charge in [-0.05, 0) is 35.6 Å². The van der Waals surface area contributed by atoms with Gasteiger partial charge in [0.15, 0.2) is 0 Å². The fourth-order valence-corrected chi connectivity index (χ4v) is 3.05. The summed E-state index contributed by atoms with van der Waals surface area (Å²) in [6.07, 6.45) is 6.76. The summed E-state index contributed by atoms with van der Waals surface area (Å²) < 4.78 is 0. The van der Waals surface area contributed by atoms with Crippen molar-refractivity contribution in [1.82, 2.24) is 9.97 Å². The number of aromatic nitrogens is 2. The molecule has 0 atom stereocenters. The molecule has 3 aromatic rings. The van der Waals surface area contributed by atoms with Gasteiger partial charge in [-0.2, -0.15) is 0 Å². The van der Waals surface area contributed by atoms with Gasteiger partial charge in [0.1, 0.15) is 5.65 Å². The molecule has 0 aliphatic carbocycles. The number of H-pyrrole nitrogens is 1. The van der Waals surface area contributed by atoms with Crippen LogP contribution >= 0.6 is 11.8 Å². The number of nitrogens with zero attached hydrogens (tertiary/aromatic N) is 2. The zero-order valence-electron chi connectivity index (χ0n) is 11.1. The molecular formula is C16H13N3S. The van der Waals surface area contributed by atoms with Crippen LogP contribution in [0.2, 0.25) is 0 Å². The lowest BCUT2D eigenvalue weighted by atomic mass is 10.0. The number of hydrogen-bond donors (Lipinski definition) is 1. The second-order valence-electron chi connectivity index (χ2n) is 4.83. The number of benzene rings is 1. The van der Waals surface area contributed by atoms with Crippen molar-refractivity contribution in [2.75, 3.05) is 6.26 Å². The molecule has 1 aliphatic heterocycles. The van der Waals surface area contributed by atoms with Gasteiger partial charge in [-0.3, -0.25) is 4.99 Å². The van der Waals surface area contributed by atoms with Crippen LogP contribution in [0.3, 0.4) is 0 Å². The number of nitrogens with one attached hydrogen (secondary N) is 1. The van der Waals surface area contributed by atoms with Gasteiger partial charge in [0.05, 0.1) is 17.6 Å². The largest absolute Gasteiger partial charge is 0.346 e. The highest BCUT2D eigenvalue weighted by Crippen LogP contribution is 2.33. The van der Waals surface area contributed by atoms with Gasteiger partial charge in [0.25, 0.3) is 0 Å². The van der Waals surface area contributed by atoms with Crippen molar-refractivity contribution in [2.24, 2.45) is 4.99 Å². The van der Waals surface area contributed by atoms with Crippen LogP contribution in [-0.4, -0.2) is 21.9 Å². The summed E-state index contributed by atoms with van der Waals surface area (Å²) >= 11 is 1.76. The van der Waals surface area contributed by atoms with Gasteiger partial charge in [0, 0.05) is 22.9 Å². The Labute approximate surface area is 121 Å². The van der Waals surface area contributed by atoms with E-state index in [1.165, 1.54) is 21.4 Å². The Morgan fingerprint density at radius 3 is 2.80 bits per heavy atom. The minimum Gasteiger partial charge on any atom is -0.346 e. The van der Waals surface area contributed by atoms with E-state index in [2.05, 4.69) is 46.6 Å². The molecule has 0 amide bonds. The summed E-state index contributed by atoms with van der Waals surface area (Å²) in [6, 6.07) is 10.7. The number of aliphatic imine (C=N–C) groups is 1. The molecule has 0 bridgehead atoms. The summed E-state index contributed by atoms with van der Waals surface area (Å²) in [4.78, 5) is 13.6. The van der Waals surface area contributed by atoms with Crippen molar-refractivity contribution >= 4 is 34.2 Å². The summed E-state index contributed by atoms with van der Waals surface area (Å²) in [5, 5.41) is 1.18. The fourth-order valence-electron chi connectivity index (χ4n) is 2.64. The molecule has 3 heterocycles. The van der Waals surface area contributed by atoms with E-state index < -0.39 is 0 Å². The maximum Gasteiger partial charge on any atom is 0.137 e. The normalized spacial score (nSPS) is 13.6. The fraction of sp³-hybridized carbons (Fsp3) is 0.125. The van der Waals surface area contributed by atoms with Crippen LogP contribution in [0.15, 0.2) is 52.6 Å². The molecule has 0 fully saturated rings. The van der Waals surface area contributed by atoms with Crippen molar-refractivity contribution in [3.8, 4) is 0 Å². The first-order chi connectivity index (χ1) is 9.85. The zero-order chi connectivity index (χ0) is 13.5. The Hall–Kier alpha value is -2.07. The first kappa shape index (κ1) is 11.7. The highest BCUT2D eigenvalue weighted by atomic mass is 32.2. The Kier molecular flexibility index (Phi) is 2.63. The van der Waals surface area contributed by atoms with Gasteiger partial charge in [0.2, 0.25) is 0 Å². The van der Waals surface area contributed by atoms with Gasteiger partial charge in [-0.15, -0.1) is 11.8 Å². The SMILES string of the molecule is CSc1ccc(C2=Nc3cnc4[nH]ccc4c3C2)cc1. The molecule has 98 valence electrons. The van der Waals surface area contributed by atoms with Crippen molar-refractivity contribution < 1.29 is 0 Å². The van der Waals surface area contributed by atoms with Crippen LogP contribution in [0.4, 0.5) is 5.69 Å².